The van der Waals surface area contributed by atoms with E-state index in [1.54, 1.807) is 0 Å². The van der Waals surface area contributed by atoms with Gasteiger partial charge in [-0.25, -0.2) is 4.98 Å². The van der Waals surface area contributed by atoms with Crippen molar-refractivity contribution in [2.75, 3.05) is 25.0 Å². The van der Waals surface area contributed by atoms with Crippen LogP contribution in [-0.2, 0) is 6.54 Å². The molecule has 0 unspecified atom stereocenters. The van der Waals surface area contributed by atoms with Crippen LogP contribution in [0, 0.1) is 0 Å². The molecule has 0 saturated carbocycles. The third kappa shape index (κ3) is 3.20. The minimum Gasteiger partial charge on any atom is -0.370 e. The van der Waals surface area contributed by atoms with E-state index in [1.807, 2.05) is 6.20 Å². The summed E-state index contributed by atoms with van der Waals surface area (Å²) < 4.78 is 0. The van der Waals surface area contributed by atoms with E-state index in [0.717, 1.165) is 18.9 Å². The van der Waals surface area contributed by atoms with Gasteiger partial charge in [-0.3, -0.25) is 4.90 Å². The summed E-state index contributed by atoms with van der Waals surface area (Å²) in [6.07, 6.45) is 6.00. The zero-order valence-corrected chi connectivity index (χ0v) is 10.1. The molecule has 3 nitrogen and oxygen atoms in total. The van der Waals surface area contributed by atoms with E-state index in [4.69, 9.17) is 0 Å². The Hall–Kier alpha value is -1.09. The molecule has 16 heavy (non-hydrogen) atoms. The number of anilines is 1. The highest BCUT2D eigenvalue weighted by Crippen LogP contribution is 2.14. The number of likely N-dealkylation sites (tertiary alicyclic amines) is 1. The summed E-state index contributed by atoms with van der Waals surface area (Å²) >= 11 is 0. The van der Waals surface area contributed by atoms with Gasteiger partial charge in [0.2, 0.25) is 0 Å². The summed E-state index contributed by atoms with van der Waals surface area (Å²) in [5, 5.41) is 3.26. The van der Waals surface area contributed by atoms with Gasteiger partial charge in [-0.1, -0.05) is 6.42 Å². The molecule has 1 saturated heterocycles. The van der Waals surface area contributed by atoms with Crippen molar-refractivity contribution in [1.29, 1.82) is 0 Å². The van der Waals surface area contributed by atoms with E-state index >= 15 is 0 Å². The molecule has 1 N–H and O–H groups in total. The Morgan fingerprint density at radius 1 is 1.31 bits per heavy atom. The lowest BCUT2D eigenvalue weighted by molar-refractivity contribution is 0.221. The van der Waals surface area contributed by atoms with Gasteiger partial charge in [0, 0.05) is 19.3 Å². The minimum absolute atomic E-state index is 0.931. The highest BCUT2D eigenvalue weighted by atomic mass is 15.1. The molecule has 1 aromatic rings. The molecule has 0 amide bonds. The fourth-order valence-corrected chi connectivity index (χ4v) is 2.23. The standard InChI is InChI=1S/C13H21N3/c1-2-14-13-10-12(6-7-15-13)11-16-8-4-3-5-9-16/h6-7,10H,2-5,8-9,11H2,1H3,(H,14,15). The van der Waals surface area contributed by atoms with Crippen LogP contribution in [0.5, 0.6) is 0 Å². The van der Waals surface area contributed by atoms with Crippen molar-refractivity contribution in [3.8, 4) is 0 Å². The van der Waals surface area contributed by atoms with Gasteiger partial charge in [0.1, 0.15) is 5.82 Å². The van der Waals surface area contributed by atoms with Gasteiger partial charge in [0.15, 0.2) is 0 Å². The Morgan fingerprint density at radius 3 is 2.88 bits per heavy atom. The quantitative estimate of drug-likeness (QED) is 0.843. The van der Waals surface area contributed by atoms with Gasteiger partial charge in [-0.2, -0.15) is 0 Å². The van der Waals surface area contributed by atoms with Crippen molar-refractivity contribution in [2.24, 2.45) is 0 Å². The Balaban J connectivity index is 1.94. The Morgan fingerprint density at radius 2 is 2.12 bits per heavy atom. The number of hydrogen-bond acceptors (Lipinski definition) is 3. The van der Waals surface area contributed by atoms with Gasteiger partial charge < -0.3 is 5.32 Å². The Kier molecular flexibility index (Phi) is 4.17. The number of aromatic nitrogens is 1. The first-order chi connectivity index (χ1) is 7.88. The Labute approximate surface area is 97.9 Å². The summed E-state index contributed by atoms with van der Waals surface area (Å²) in [6.45, 7) is 6.60. The number of hydrogen-bond donors (Lipinski definition) is 1. The van der Waals surface area contributed by atoms with Crippen molar-refractivity contribution in [2.45, 2.75) is 32.7 Å². The SMILES string of the molecule is CCNc1cc(CN2CCCCC2)ccn1. The average Bonchev–Trinajstić information content (AvgIpc) is 2.31. The fourth-order valence-electron chi connectivity index (χ4n) is 2.23. The first-order valence-corrected chi connectivity index (χ1v) is 6.29. The van der Waals surface area contributed by atoms with Crippen LogP contribution >= 0.6 is 0 Å². The maximum atomic E-state index is 4.29. The van der Waals surface area contributed by atoms with Gasteiger partial charge in [0.05, 0.1) is 0 Å². The third-order valence-corrected chi connectivity index (χ3v) is 3.04. The zero-order valence-electron chi connectivity index (χ0n) is 10.1. The molecular weight excluding hydrogens is 198 g/mol. The summed E-state index contributed by atoms with van der Waals surface area (Å²) in [5.74, 6) is 0.997. The molecule has 88 valence electrons. The van der Waals surface area contributed by atoms with E-state index in [1.165, 1.54) is 37.9 Å². The molecule has 1 fully saturated rings. The second-order valence-electron chi connectivity index (χ2n) is 4.42. The van der Waals surface area contributed by atoms with E-state index in [0.29, 0.717) is 0 Å². The molecule has 1 aliphatic rings. The molecule has 0 atom stereocenters. The molecule has 1 aliphatic heterocycles. The minimum atomic E-state index is 0.931. The van der Waals surface area contributed by atoms with Crippen LogP contribution in [-0.4, -0.2) is 29.5 Å². The average molecular weight is 219 g/mol. The summed E-state index contributed by atoms with van der Waals surface area (Å²) in [6, 6.07) is 4.29. The molecular formula is C13H21N3. The van der Waals surface area contributed by atoms with E-state index in [-0.39, 0.29) is 0 Å². The lowest BCUT2D eigenvalue weighted by Gasteiger charge is -2.26. The molecule has 0 bridgehead atoms. The lowest BCUT2D eigenvalue weighted by Crippen LogP contribution is -2.29. The Bertz CT molecular complexity index is 319. The fraction of sp³-hybridized carbons (Fsp3) is 0.615. The second-order valence-corrected chi connectivity index (χ2v) is 4.42. The van der Waals surface area contributed by atoms with Crippen LogP contribution in [0.2, 0.25) is 0 Å². The van der Waals surface area contributed by atoms with E-state index < -0.39 is 0 Å². The van der Waals surface area contributed by atoms with Gasteiger partial charge >= 0.3 is 0 Å². The number of nitrogens with zero attached hydrogens (tertiary/aromatic N) is 2. The van der Waals surface area contributed by atoms with Crippen LogP contribution in [0.25, 0.3) is 0 Å². The number of nitrogens with one attached hydrogen (secondary N) is 1. The van der Waals surface area contributed by atoms with Crippen LogP contribution < -0.4 is 5.32 Å². The molecule has 0 spiro atoms. The molecule has 1 aromatic heterocycles. The molecule has 2 rings (SSSR count). The van der Waals surface area contributed by atoms with Gasteiger partial charge in [-0.15, -0.1) is 0 Å². The lowest BCUT2D eigenvalue weighted by atomic mass is 10.1. The molecule has 3 heteroatoms. The summed E-state index contributed by atoms with van der Waals surface area (Å²) in [4.78, 5) is 6.83. The summed E-state index contributed by atoms with van der Waals surface area (Å²) in [7, 11) is 0. The smallest absolute Gasteiger partial charge is 0.126 e. The van der Waals surface area contributed by atoms with Crippen LogP contribution in [0.4, 0.5) is 5.82 Å². The number of piperidine rings is 1. The molecule has 0 aliphatic carbocycles. The van der Waals surface area contributed by atoms with Crippen molar-refractivity contribution in [3.63, 3.8) is 0 Å². The van der Waals surface area contributed by atoms with Crippen molar-refractivity contribution >= 4 is 5.82 Å². The summed E-state index contributed by atoms with van der Waals surface area (Å²) in [5.41, 5.74) is 1.37. The first kappa shape index (κ1) is 11.4. The van der Waals surface area contributed by atoms with Crippen LogP contribution in [0.3, 0.4) is 0 Å². The number of rotatable bonds is 4. The maximum absolute atomic E-state index is 4.29. The molecule has 2 heterocycles. The van der Waals surface area contributed by atoms with Crippen molar-refractivity contribution in [1.82, 2.24) is 9.88 Å². The molecule has 0 radical (unpaired) electrons. The number of pyridine rings is 1. The topological polar surface area (TPSA) is 28.2 Å². The second kappa shape index (κ2) is 5.85. The normalized spacial score (nSPS) is 17.3. The molecule has 0 aromatic carbocycles. The van der Waals surface area contributed by atoms with Crippen LogP contribution in [0.1, 0.15) is 31.7 Å². The highest BCUT2D eigenvalue weighted by Gasteiger charge is 2.10. The van der Waals surface area contributed by atoms with Crippen LogP contribution in [0.15, 0.2) is 18.3 Å². The van der Waals surface area contributed by atoms with Gasteiger partial charge in [-0.05, 0) is 50.6 Å². The monoisotopic (exact) mass is 219 g/mol. The predicted octanol–water partition coefficient (Wildman–Crippen LogP) is 2.50. The largest absolute Gasteiger partial charge is 0.370 e. The van der Waals surface area contributed by atoms with E-state index in [2.05, 4.69) is 34.3 Å². The van der Waals surface area contributed by atoms with Gasteiger partial charge in [0.25, 0.3) is 0 Å². The zero-order chi connectivity index (χ0) is 11.2. The third-order valence-electron chi connectivity index (χ3n) is 3.04. The highest BCUT2D eigenvalue weighted by molar-refractivity contribution is 5.37. The predicted molar refractivity (Wildman–Crippen MR) is 67.5 cm³/mol. The van der Waals surface area contributed by atoms with Crippen molar-refractivity contribution < 1.29 is 0 Å². The first-order valence-electron chi connectivity index (χ1n) is 6.29. The maximum Gasteiger partial charge on any atom is 0.126 e. The van der Waals surface area contributed by atoms with E-state index in [9.17, 15) is 0 Å². The van der Waals surface area contributed by atoms with Crippen molar-refractivity contribution in [3.05, 3.63) is 23.9 Å².